The van der Waals surface area contributed by atoms with Gasteiger partial charge in [0.25, 0.3) is 0 Å². The number of nitrogens with two attached hydrogens (primary N) is 1. The summed E-state index contributed by atoms with van der Waals surface area (Å²) in [5.41, 5.74) is 2.26. The monoisotopic (exact) mass is 480 g/mol. The maximum atomic E-state index is 12.3. The Morgan fingerprint density at radius 2 is 2.13 bits per heavy atom. The van der Waals surface area contributed by atoms with Crippen LogP contribution in [0.25, 0.3) is 22.6 Å². The summed E-state index contributed by atoms with van der Waals surface area (Å²) in [5, 5.41) is 14.5. The highest BCUT2D eigenvalue weighted by Gasteiger charge is 2.17. The summed E-state index contributed by atoms with van der Waals surface area (Å²) in [6.45, 7) is 1.81. The van der Waals surface area contributed by atoms with Gasteiger partial charge in [0.2, 0.25) is 11.1 Å². The molecule has 0 bridgehead atoms. The summed E-state index contributed by atoms with van der Waals surface area (Å²) in [5.74, 6) is 7.07. The number of carbonyl (C=O) groups excluding carboxylic acids is 1. The summed E-state index contributed by atoms with van der Waals surface area (Å²) in [6, 6.07) is 7.01. The molecule has 12 heteroatoms. The van der Waals surface area contributed by atoms with Crippen LogP contribution in [0.15, 0.2) is 45.5 Å². The van der Waals surface area contributed by atoms with E-state index >= 15 is 0 Å². The van der Waals surface area contributed by atoms with E-state index in [-0.39, 0.29) is 11.7 Å². The molecule has 1 amide bonds. The SMILES string of the molecule is Cc1occc1-c1nnc(SCC(=O)Nc2nc(-c3ccc(Cl)c(Cl)c3)cs2)n1N. The lowest BCUT2D eigenvalue weighted by Gasteiger charge is -2.03. The number of hydrogen-bond donors (Lipinski definition) is 2. The van der Waals surface area contributed by atoms with Crippen LogP contribution < -0.4 is 11.2 Å². The van der Waals surface area contributed by atoms with Crippen LogP contribution in [0.3, 0.4) is 0 Å². The highest BCUT2D eigenvalue weighted by Crippen LogP contribution is 2.31. The molecule has 0 fully saturated rings. The lowest BCUT2D eigenvalue weighted by atomic mass is 10.2. The number of aryl methyl sites for hydroxylation is 1. The van der Waals surface area contributed by atoms with E-state index in [2.05, 4.69) is 20.5 Å². The van der Waals surface area contributed by atoms with Gasteiger partial charge in [0, 0.05) is 10.9 Å². The van der Waals surface area contributed by atoms with Crippen molar-refractivity contribution in [2.45, 2.75) is 12.1 Å². The number of aromatic nitrogens is 4. The first-order valence-corrected chi connectivity index (χ1v) is 11.1. The molecule has 8 nitrogen and oxygen atoms in total. The number of anilines is 1. The zero-order valence-electron chi connectivity index (χ0n) is 15.4. The lowest BCUT2D eigenvalue weighted by Crippen LogP contribution is -2.16. The highest BCUT2D eigenvalue weighted by molar-refractivity contribution is 7.99. The number of amides is 1. The van der Waals surface area contributed by atoms with Crippen molar-refractivity contribution in [2.75, 3.05) is 16.9 Å². The van der Waals surface area contributed by atoms with E-state index in [0.717, 1.165) is 11.1 Å². The second-order valence-corrected chi connectivity index (χ2v) is 8.69. The van der Waals surface area contributed by atoms with Crippen LogP contribution in [0.2, 0.25) is 10.0 Å². The largest absolute Gasteiger partial charge is 0.469 e. The number of hydrogen-bond acceptors (Lipinski definition) is 8. The Labute approximate surface area is 189 Å². The first kappa shape index (κ1) is 20.7. The third kappa shape index (κ3) is 4.31. The predicted molar refractivity (Wildman–Crippen MR) is 120 cm³/mol. The zero-order valence-corrected chi connectivity index (χ0v) is 18.6. The van der Waals surface area contributed by atoms with Gasteiger partial charge in [0.1, 0.15) is 5.76 Å². The average molecular weight is 481 g/mol. The summed E-state index contributed by atoms with van der Waals surface area (Å²) in [7, 11) is 0. The Hall–Kier alpha value is -2.53. The Morgan fingerprint density at radius 1 is 1.30 bits per heavy atom. The van der Waals surface area contributed by atoms with Gasteiger partial charge >= 0.3 is 0 Å². The van der Waals surface area contributed by atoms with Crippen LogP contribution in [-0.4, -0.2) is 31.5 Å². The molecule has 0 saturated carbocycles. The van der Waals surface area contributed by atoms with E-state index in [1.807, 2.05) is 18.4 Å². The van der Waals surface area contributed by atoms with Gasteiger partial charge in [0.15, 0.2) is 11.0 Å². The molecule has 30 heavy (non-hydrogen) atoms. The Bertz CT molecular complexity index is 1220. The fraction of sp³-hybridized carbons (Fsp3) is 0.111. The fourth-order valence-electron chi connectivity index (χ4n) is 2.58. The molecule has 154 valence electrons. The summed E-state index contributed by atoms with van der Waals surface area (Å²) >= 11 is 14.5. The van der Waals surface area contributed by atoms with E-state index < -0.39 is 0 Å². The number of rotatable bonds is 6. The molecule has 0 unspecified atom stereocenters. The standard InChI is InChI=1S/C18H14Cl2N6O2S2/c1-9-11(4-5-28-9)16-24-25-18(26(16)21)30-8-15(27)23-17-22-14(7-29-17)10-2-3-12(19)13(20)6-10/h2-7H,8,21H2,1H3,(H,22,23,27). The Morgan fingerprint density at radius 3 is 2.87 bits per heavy atom. The number of benzene rings is 1. The maximum Gasteiger partial charge on any atom is 0.236 e. The first-order chi connectivity index (χ1) is 14.4. The minimum absolute atomic E-state index is 0.0986. The average Bonchev–Trinajstić information content (AvgIpc) is 3.43. The van der Waals surface area contributed by atoms with Crippen LogP contribution >= 0.6 is 46.3 Å². The summed E-state index contributed by atoms with van der Waals surface area (Å²) in [4.78, 5) is 16.7. The van der Waals surface area contributed by atoms with Crippen LogP contribution in [0.5, 0.6) is 0 Å². The smallest absolute Gasteiger partial charge is 0.236 e. The number of halogens is 2. The van der Waals surface area contributed by atoms with Crippen molar-refractivity contribution in [3.63, 3.8) is 0 Å². The third-order valence-electron chi connectivity index (χ3n) is 4.06. The van der Waals surface area contributed by atoms with Gasteiger partial charge in [-0.1, -0.05) is 41.0 Å². The van der Waals surface area contributed by atoms with E-state index in [0.29, 0.717) is 37.6 Å². The number of nitrogens with one attached hydrogen (secondary N) is 1. The van der Waals surface area contributed by atoms with Crippen molar-refractivity contribution in [3.8, 4) is 22.6 Å². The van der Waals surface area contributed by atoms with Gasteiger partial charge < -0.3 is 15.6 Å². The number of thiazole rings is 1. The number of thioether (sulfide) groups is 1. The molecule has 0 aliphatic rings. The van der Waals surface area contributed by atoms with Crippen LogP contribution in [0.1, 0.15) is 5.76 Å². The van der Waals surface area contributed by atoms with Gasteiger partial charge in [-0.15, -0.1) is 21.5 Å². The molecule has 3 aromatic heterocycles. The highest BCUT2D eigenvalue weighted by atomic mass is 35.5. The van der Waals surface area contributed by atoms with E-state index in [4.69, 9.17) is 33.5 Å². The van der Waals surface area contributed by atoms with Gasteiger partial charge in [-0.3, -0.25) is 4.79 Å². The van der Waals surface area contributed by atoms with Gasteiger partial charge in [-0.05, 0) is 25.1 Å². The van der Waals surface area contributed by atoms with Crippen molar-refractivity contribution in [2.24, 2.45) is 0 Å². The molecular weight excluding hydrogens is 467 g/mol. The topological polar surface area (TPSA) is 112 Å². The third-order valence-corrected chi connectivity index (χ3v) is 6.50. The van der Waals surface area contributed by atoms with Crippen LogP contribution in [0.4, 0.5) is 5.13 Å². The molecule has 0 aliphatic carbocycles. The maximum absolute atomic E-state index is 12.3. The molecule has 0 aliphatic heterocycles. The quantitative estimate of drug-likeness (QED) is 0.303. The second-order valence-electron chi connectivity index (χ2n) is 6.07. The van der Waals surface area contributed by atoms with Gasteiger partial charge in [0.05, 0.1) is 33.3 Å². The Balaban J connectivity index is 1.38. The second kappa shape index (κ2) is 8.68. The van der Waals surface area contributed by atoms with E-state index in [1.54, 1.807) is 24.5 Å². The van der Waals surface area contributed by atoms with Crippen molar-refractivity contribution in [1.82, 2.24) is 19.9 Å². The number of nitrogens with zero attached hydrogens (tertiary/aromatic N) is 4. The Kier molecular flexibility index (Phi) is 6.00. The minimum atomic E-state index is -0.237. The fourth-order valence-corrected chi connectivity index (χ4v) is 4.27. The molecule has 0 spiro atoms. The number of nitrogen functional groups attached to an aromatic ring is 1. The normalized spacial score (nSPS) is 11.0. The van der Waals surface area contributed by atoms with Gasteiger partial charge in [-0.2, -0.15) is 0 Å². The van der Waals surface area contributed by atoms with Crippen molar-refractivity contribution < 1.29 is 9.21 Å². The first-order valence-electron chi connectivity index (χ1n) is 8.51. The number of carbonyl (C=O) groups is 1. The summed E-state index contributed by atoms with van der Waals surface area (Å²) < 4.78 is 6.60. The molecule has 4 rings (SSSR count). The lowest BCUT2D eigenvalue weighted by molar-refractivity contribution is -0.113. The predicted octanol–water partition coefficient (Wildman–Crippen LogP) is 4.72. The summed E-state index contributed by atoms with van der Waals surface area (Å²) in [6.07, 6.45) is 1.56. The molecule has 0 atom stereocenters. The molecule has 0 saturated heterocycles. The number of furan rings is 1. The van der Waals surface area contributed by atoms with Crippen molar-refractivity contribution >= 4 is 57.3 Å². The molecule has 0 radical (unpaired) electrons. The molecule has 3 heterocycles. The zero-order chi connectivity index (χ0) is 21.3. The van der Waals surface area contributed by atoms with Crippen molar-refractivity contribution in [1.29, 1.82) is 0 Å². The van der Waals surface area contributed by atoms with Crippen molar-refractivity contribution in [3.05, 3.63) is 51.7 Å². The van der Waals surface area contributed by atoms with Crippen LogP contribution in [0, 0.1) is 6.92 Å². The molecule has 1 aromatic carbocycles. The van der Waals surface area contributed by atoms with Crippen LogP contribution in [-0.2, 0) is 4.79 Å². The van der Waals surface area contributed by atoms with E-state index in [1.165, 1.54) is 27.8 Å². The minimum Gasteiger partial charge on any atom is -0.469 e. The molecule has 3 N–H and O–H groups in total. The van der Waals surface area contributed by atoms with Gasteiger partial charge in [-0.25, -0.2) is 9.66 Å². The molecular formula is C18H14Cl2N6O2S2. The van der Waals surface area contributed by atoms with E-state index in [9.17, 15) is 4.79 Å². The molecule has 4 aromatic rings.